The standard InChI is InChI=1S/C28H30/c1-28(2,3)23-13-8-12-20(15-23)25-16-21-11-6-7-14-24(21)26-17-22(18-27(25)26)19-9-4-5-10-19/h4-9,11-15,18,25-27H,10,16-17H2,1-3H3. The smallest absolute Gasteiger partial charge is 0.00496 e. The Bertz CT molecular complexity index is 993. The van der Waals surface area contributed by atoms with Crippen molar-refractivity contribution in [3.05, 3.63) is 106 Å². The molecule has 142 valence electrons. The summed E-state index contributed by atoms with van der Waals surface area (Å²) in [5.41, 5.74) is 9.44. The predicted octanol–water partition coefficient (Wildman–Crippen LogP) is 7.24. The summed E-state index contributed by atoms with van der Waals surface area (Å²) in [6.45, 7) is 6.95. The topological polar surface area (TPSA) is 0 Å². The molecule has 0 aromatic heterocycles. The first kappa shape index (κ1) is 17.7. The van der Waals surface area contributed by atoms with Crippen LogP contribution in [0.15, 0.2) is 84.0 Å². The fourth-order valence-electron chi connectivity index (χ4n) is 5.46. The predicted molar refractivity (Wildman–Crippen MR) is 119 cm³/mol. The molecule has 2 aromatic rings. The molecule has 0 aliphatic heterocycles. The molecule has 3 aliphatic carbocycles. The molecular weight excluding hydrogens is 336 g/mol. The average molecular weight is 367 g/mol. The van der Waals surface area contributed by atoms with Gasteiger partial charge in [0.05, 0.1) is 0 Å². The normalized spacial score (nSPS) is 25.9. The molecule has 0 spiro atoms. The van der Waals surface area contributed by atoms with Gasteiger partial charge in [0.15, 0.2) is 0 Å². The zero-order valence-corrected chi connectivity index (χ0v) is 17.3. The Kier molecular flexibility index (Phi) is 4.19. The molecule has 5 rings (SSSR count). The van der Waals surface area contributed by atoms with E-state index in [1.165, 1.54) is 23.1 Å². The van der Waals surface area contributed by atoms with Gasteiger partial charge in [-0.3, -0.25) is 0 Å². The lowest BCUT2D eigenvalue weighted by molar-refractivity contribution is 0.410. The maximum absolute atomic E-state index is 2.63. The molecule has 0 saturated carbocycles. The van der Waals surface area contributed by atoms with E-state index in [9.17, 15) is 0 Å². The lowest BCUT2D eigenvalue weighted by atomic mass is 9.67. The molecule has 3 unspecified atom stereocenters. The van der Waals surface area contributed by atoms with Gasteiger partial charge in [0, 0.05) is 0 Å². The first-order chi connectivity index (χ1) is 13.5. The van der Waals surface area contributed by atoms with Crippen LogP contribution in [0, 0.1) is 5.92 Å². The van der Waals surface area contributed by atoms with Crippen LogP contribution in [0.25, 0.3) is 0 Å². The number of allylic oxidation sites excluding steroid dienone is 6. The van der Waals surface area contributed by atoms with E-state index in [-0.39, 0.29) is 5.41 Å². The zero-order valence-electron chi connectivity index (χ0n) is 17.3. The van der Waals surface area contributed by atoms with Crippen LogP contribution in [0.3, 0.4) is 0 Å². The van der Waals surface area contributed by atoms with Crippen LogP contribution in [0.2, 0.25) is 0 Å². The van der Waals surface area contributed by atoms with E-state index < -0.39 is 0 Å². The second-order valence-corrected chi connectivity index (χ2v) is 9.79. The Morgan fingerprint density at radius 1 is 0.857 bits per heavy atom. The molecule has 0 radical (unpaired) electrons. The fourth-order valence-corrected chi connectivity index (χ4v) is 5.46. The van der Waals surface area contributed by atoms with Gasteiger partial charge in [-0.15, -0.1) is 0 Å². The van der Waals surface area contributed by atoms with Crippen LogP contribution in [-0.4, -0.2) is 0 Å². The molecule has 28 heavy (non-hydrogen) atoms. The number of hydrogen-bond acceptors (Lipinski definition) is 0. The molecule has 0 heteroatoms. The summed E-state index contributed by atoms with van der Waals surface area (Å²) in [5, 5.41) is 0. The first-order valence-electron chi connectivity index (χ1n) is 10.8. The van der Waals surface area contributed by atoms with Crippen LogP contribution < -0.4 is 0 Å². The van der Waals surface area contributed by atoms with Crippen molar-refractivity contribution >= 4 is 0 Å². The van der Waals surface area contributed by atoms with Crippen LogP contribution in [0.1, 0.15) is 67.7 Å². The van der Waals surface area contributed by atoms with Crippen molar-refractivity contribution in [3.63, 3.8) is 0 Å². The van der Waals surface area contributed by atoms with E-state index in [0.29, 0.717) is 17.8 Å². The van der Waals surface area contributed by atoms with Crippen molar-refractivity contribution in [2.75, 3.05) is 0 Å². The summed E-state index contributed by atoms with van der Waals surface area (Å²) in [5.74, 6) is 1.82. The third kappa shape index (κ3) is 3.00. The van der Waals surface area contributed by atoms with Gasteiger partial charge in [0.1, 0.15) is 0 Å². The second kappa shape index (κ2) is 6.62. The maximum atomic E-state index is 2.63. The minimum absolute atomic E-state index is 0.193. The van der Waals surface area contributed by atoms with Crippen molar-refractivity contribution in [2.24, 2.45) is 5.92 Å². The molecule has 0 saturated heterocycles. The lowest BCUT2D eigenvalue weighted by Gasteiger charge is -2.36. The Hall–Kier alpha value is -2.34. The summed E-state index contributed by atoms with van der Waals surface area (Å²) < 4.78 is 0. The molecule has 3 atom stereocenters. The highest BCUT2D eigenvalue weighted by atomic mass is 14.4. The maximum Gasteiger partial charge on any atom is -0.00496 e. The monoisotopic (exact) mass is 366 g/mol. The zero-order chi connectivity index (χ0) is 19.3. The highest BCUT2D eigenvalue weighted by Gasteiger charge is 2.40. The van der Waals surface area contributed by atoms with Crippen molar-refractivity contribution in [3.8, 4) is 0 Å². The summed E-state index contributed by atoms with van der Waals surface area (Å²) in [6, 6.07) is 18.6. The molecule has 0 heterocycles. The van der Waals surface area contributed by atoms with Gasteiger partial charge in [0.2, 0.25) is 0 Å². The molecule has 0 nitrogen and oxygen atoms in total. The second-order valence-electron chi connectivity index (χ2n) is 9.79. The van der Waals surface area contributed by atoms with Gasteiger partial charge >= 0.3 is 0 Å². The number of benzene rings is 2. The Balaban J connectivity index is 1.58. The molecule has 3 aliphatic rings. The molecular formula is C28H30. The highest BCUT2D eigenvalue weighted by molar-refractivity contribution is 5.49. The van der Waals surface area contributed by atoms with Crippen molar-refractivity contribution in [2.45, 2.75) is 57.3 Å². The van der Waals surface area contributed by atoms with Gasteiger partial charge < -0.3 is 0 Å². The SMILES string of the molecule is CC(C)(C)c1cccc(C2Cc3ccccc3C3CC(C4=CC=CC4)=CC23)c1. The third-order valence-corrected chi connectivity index (χ3v) is 7.02. The number of rotatable bonds is 2. The Labute approximate surface area is 169 Å². The quantitative estimate of drug-likeness (QED) is 0.525. The van der Waals surface area contributed by atoms with Crippen LogP contribution in [0.5, 0.6) is 0 Å². The van der Waals surface area contributed by atoms with E-state index in [2.05, 4.69) is 93.6 Å². The molecule has 0 fully saturated rings. The lowest BCUT2D eigenvalue weighted by Crippen LogP contribution is -2.25. The van der Waals surface area contributed by atoms with Crippen molar-refractivity contribution < 1.29 is 0 Å². The van der Waals surface area contributed by atoms with Crippen LogP contribution in [0.4, 0.5) is 0 Å². The summed E-state index contributed by atoms with van der Waals surface area (Å²) >= 11 is 0. The summed E-state index contributed by atoms with van der Waals surface area (Å²) in [7, 11) is 0. The van der Waals surface area contributed by atoms with E-state index in [1.807, 2.05) is 0 Å². The van der Waals surface area contributed by atoms with Gasteiger partial charge in [-0.1, -0.05) is 93.6 Å². The largest absolute Gasteiger partial charge is 0.0801 e. The molecule has 2 aromatic carbocycles. The van der Waals surface area contributed by atoms with E-state index in [4.69, 9.17) is 0 Å². The Morgan fingerprint density at radius 3 is 2.50 bits per heavy atom. The number of hydrogen-bond donors (Lipinski definition) is 0. The number of fused-ring (bicyclic) bond motifs is 3. The van der Waals surface area contributed by atoms with Gasteiger partial charge in [-0.05, 0) is 75.8 Å². The fraction of sp³-hybridized carbons (Fsp3) is 0.357. The summed E-state index contributed by atoms with van der Waals surface area (Å²) in [6.07, 6.45) is 12.9. The van der Waals surface area contributed by atoms with E-state index >= 15 is 0 Å². The van der Waals surface area contributed by atoms with E-state index in [0.717, 1.165) is 12.8 Å². The minimum atomic E-state index is 0.193. The van der Waals surface area contributed by atoms with Gasteiger partial charge in [-0.2, -0.15) is 0 Å². The van der Waals surface area contributed by atoms with Gasteiger partial charge in [0.25, 0.3) is 0 Å². The first-order valence-corrected chi connectivity index (χ1v) is 10.8. The van der Waals surface area contributed by atoms with Crippen LogP contribution in [-0.2, 0) is 11.8 Å². The van der Waals surface area contributed by atoms with Gasteiger partial charge in [-0.25, -0.2) is 0 Å². The molecule has 0 amide bonds. The summed E-state index contributed by atoms with van der Waals surface area (Å²) in [4.78, 5) is 0. The highest BCUT2D eigenvalue weighted by Crippen LogP contribution is 2.53. The molecule has 0 N–H and O–H groups in total. The Morgan fingerprint density at radius 2 is 1.71 bits per heavy atom. The minimum Gasteiger partial charge on any atom is -0.0801 e. The van der Waals surface area contributed by atoms with Crippen molar-refractivity contribution in [1.82, 2.24) is 0 Å². The average Bonchev–Trinajstić information content (AvgIpc) is 3.36. The van der Waals surface area contributed by atoms with E-state index in [1.54, 1.807) is 16.7 Å². The third-order valence-electron chi connectivity index (χ3n) is 7.02. The van der Waals surface area contributed by atoms with Crippen molar-refractivity contribution in [1.29, 1.82) is 0 Å². The van der Waals surface area contributed by atoms with Crippen LogP contribution >= 0.6 is 0 Å². The molecule has 0 bridgehead atoms.